The Labute approximate surface area is 134 Å². The molecule has 1 aromatic carbocycles. The molecule has 1 atom stereocenters. The number of rotatable bonds is 6. The first-order valence-corrected chi connectivity index (χ1v) is 10.4. The van der Waals surface area contributed by atoms with Crippen molar-refractivity contribution < 1.29 is 8.42 Å². The lowest BCUT2D eigenvalue weighted by molar-refractivity contribution is 0.530. The number of sulfone groups is 1. The smallest absolute Gasteiger partial charge is 0.177 e. The van der Waals surface area contributed by atoms with Gasteiger partial charge in [-0.1, -0.05) is 13.0 Å². The number of aromatic nitrogens is 2. The first-order valence-electron chi connectivity index (χ1n) is 6.61. The first-order chi connectivity index (χ1) is 9.88. The zero-order valence-electron chi connectivity index (χ0n) is 12.3. The van der Waals surface area contributed by atoms with Gasteiger partial charge in [0.25, 0.3) is 0 Å². The van der Waals surface area contributed by atoms with E-state index < -0.39 is 9.84 Å². The Morgan fingerprint density at radius 1 is 1.43 bits per heavy atom. The minimum atomic E-state index is -3.30. The molecular formula is C14H19ClN2O2S2. The first kappa shape index (κ1) is 16.6. The quantitative estimate of drug-likeness (QED) is 0.754. The standard InChI is InChI=1S/C14H19ClN2O2S2/c1-10(9-20-2)8-17-11-5-4-6-12(21(3,18)19)14(11)16-13(17)7-15/h4-6,10H,7-9H2,1-3H3. The van der Waals surface area contributed by atoms with E-state index in [0.717, 1.165) is 23.6 Å². The predicted molar refractivity (Wildman–Crippen MR) is 89.9 cm³/mol. The van der Waals surface area contributed by atoms with Gasteiger partial charge in [0.15, 0.2) is 9.84 Å². The minimum Gasteiger partial charge on any atom is -0.327 e. The fourth-order valence-corrected chi connectivity index (χ4v) is 4.13. The average molecular weight is 347 g/mol. The summed E-state index contributed by atoms with van der Waals surface area (Å²) in [6, 6.07) is 5.26. The number of alkyl halides is 1. The lowest BCUT2D eigenvalue weighted by Crippen LogP contribution is -2.12. The molecule has 0 radical (unpaired) electrons. The molecule has 1 aromatic heterocycles. The van der Waals surface area contributed by atoms with Gasteiger partial charge in [-0.15, -0.1) is 11.6 Å². The number of hydrogen-bond donors (Lipinski definition) is 0. The van der Waals surface area contributed by atoms with Crippen LogP contribution in [-0.2, 0) is 22.3 Å². The normalized spacial score (nSPS) is 13.7. The molecule has 1 heterocycles. The molecular weight excluding hydrogens is 328 g/mol. The highest BCUT2D eigenvalue weighted by Crippen LogP contribution is 2.25. The molecule has 0 N–H and O–H groups in total. The number of para-hydroxylation sites is 1. The van der Waals surface area contributed by atoms with E-state index in [4.69, 9.17) is 11.6 Å². The van der Waals surface area contributed by atoms with Gasteiger partial charge < -0.3 is 4.57 Å². The molecule has 0 aliphatic carbocycles. The van der Waals surface area contributed by atoms with Crippen LogP contribution >= 0.6 is 23.4 Å². The van der Waals surface area contributed by atoms with Gasteiger partial charge in [0.2, 0.25) is 0 Å². The number of thioether (sulfide) groups is 1. The number of hydrogen-bond acceptors (Lipinski definition) is 4. The molecule has 4 nitrogen and oxygen atoms in total. The lowest BCUT2D eigenvalue weighted by Gasteiger charge is -2.13. The Morgan fingerprint density at radius 3 is 2.71 bits per heavy atom. The zero-order chi connectivity index (χ0) is 15.6. The number of imidazole rings is 1. The molecule has 2 aromatic rings. The highest BCUT2D eigenvalue weighted by Gasteiger charge is 2.19. The number of fused-ring (bicyclic) bond motifs is 1. The van der Waals surface area contributed by atoms with E-state index in [9.17, 15) is 8.42 Å². The molecule has 0 aliphatic heterocycles. The van der Waals surface area contributed by atoms with Crippen LogP contribution in [0.4, 0.5) is 0 Å². The van der Waals surface area contributed by atoms with Gasteiger partial charge >= 0.3 is 0 Å². The molecule has 0 saturated heterocycles. The van der Waals surface area contributed by atoms with Crippen LogP contribution in [0.3, 0.4) is 0 Å². The monoisotopic (exact) mass is 346 g/mol. The highest BCUT2D eigenvalue weighted by molar-refractivity contribution is 7.98. The van der Waals surface area contributed by atoms with Crippen molar-refractivity contribution >= 4 is 44.2 Å². The minimum absolute atomic E-state index is 0.266. The molecule has 21 heavy (non-hydrogen) atoms. The van der Waals surface area contributed by atoms with Gasteiger partial charge in [-0.2, -0.15) is 11.8 Å². The van der Waals surface area contributed by atoms with Crippen molar-refractivity contribution in [1.82, 2.24) is 9.55 Å². The lowest BCUT2D eigenvalue weighted by atomic mass is 10.2. The Bertz CT molecular complexity index is 741. The highest BCUT2D eigenvalue weighted by atomic mass is 35.5. The average Bonchev–Trinajstić information content (AvgIpc) is 2.76. The molecule has 116 valence electrons. The van der Waals surface area contributed by atoms with Gasteiger partial charge in [-0.25, -0.2) is 13.4 Å². The van der Waals surface area contributed by atoms with Gasteiger partial charge in [0.1, 0.15) is 11.3 Å². The molecule has 0 fully saturated rings. The van der Waals surface area contributed by atoms with E-state index in [-0.39, 0.29) is 10.8 Å². The topological polar surface area (TPSA) is 52.0 Å². The summed E-state index contributed by atoms with van der Waals surface area (Å²) in [4.78, 5) is 4.72. The number of halogens is 1. The third-order valence-electron chi connectivity index (χ3n) is 3.29. The third kappa shape index (κ3) is 3.55. The Kier molecular flexibility index (Phi) is 5.22. The predicted octanol–water partition coefficient (Wildman–Crippen LogP) is 3.18. The van der Waals surface area contributed by atoms with Crippen LogP contribution in [0.1, 0.15) is 12.7 Å². The van der Waals surface area contributed by atoms with Crippen LogP contribution in [-0.4, -0.2) is 36.2 Å². The summed E-state index contributed by atoms with van der Waals surface area (Å²) in [7, 11) is -3.30. The van der Waals surface area contributed by atoms with Crippen molar-refractivity contribution in [3.8, 4) is 0 Å². The van der Waals surface area contributed by atoms with E-state index in [1.807, 2.05) is 10.6 Å². The summed E-state index contributed by atoms with van der Waals surface area (Å²) in [6.07, 6.45) is 3.28. The Balaban J connectivity index is 2.60. The fourth-order valence-electron chi connectivity index (χ4n) is 2.42. The van der Waals surface area contributed by atoms with Crippen molar-refractivity contribution in [2.24, 2.45) is 5.92 Å². The van der Waals surface area contributed by atoms with Crippen LogP contribution in [0.5, 0.6) is 0 Å². The summed E-state index contributed by atoms with van der Waals surface area (Å²) in [6.45, 7) is 2.95. The van der Waals surface area contributed by atoms with Crippen molar-refractivity contribution in [3.05, 3.63) is 24.0 Å². The van der Waals surface area contributed by atoms with Crippen molar-refractivity contribution in [3.63, 3.8) is 0 Å². The van der Waals surface area contributed by atoms with Crippen LogP contribution in [0, 0.1) is 5.92 Å². The Hall–Kier alpha value is -0.720. The maximum Gasteiger partial charge on any atom is 0.177 e. The molecule has 0 spiro atoms. The molecule has 0 amide bonds. The largest absolute Gasteiger partial charge is 0.327 e. The maximum absolute atomic E-state index is 11.9. The van der Waals surface area contributed by atoms with Crippen molar-refractivity contribution in [1.29, 1.82) is 0 Å². The summed E-state index contributed by atoms with van der Waals surface area (Å²) >= 11 is 7.79. The van der Waals surface area contributed by atoms with Crippen molar-refractivity contribution in [2.45, 2.75) is 24.2 Å². The zero-order valence-corrected chi connectivity index (χ0v) is 14.7. The van der Waals surface area contributed by atoms with Gasteiger partial charge in [0, 0.05) is 12.8 Å². The molecule has 0 aliphatic rings. The second-order valence-corrected chi connectivity index (χ2v) is 8.39. The van der Waals surface area contributed by atoms with Crippen LogP contribution < -0.4 is 0 Å². The SMILES string of the molecule is CSCC(C)Cn1c(CCl)nc2c(S(C)(=O)=O)cccc21. The van der Waals surface area contributed by atoms with Crippen LogP contribution in [0.25, 0.3) is 11.0 Å². The van der Waals surface area contributed by atoms with E-state index in [0.29, 0.717) is 11.4 Å². The van der Waals surface area contributed by atoms with Crippen LogP contribution in [0.2, 0.25) is 0 Å². The van der Waals surface area contributed by atoms with E-state index in [1.165, 1.54) is 6.26 Å². The van der Waals surface area contributed by atoms with Gasteiger partial charge in [-0.3, -0.25) is 0 Å². The molecule has 0 bridgehead atoms. The van der Waals surface area contributed by atoms with E-state index >= 15 is 0 Å². The third-order valence-corrected chi connectivity index (χ3v) is 5.56. The van der Waals surface area contributed by atoms with Crippen LogP contribution in [0.15, 0.2) is 23.1 Å². The summed E-state index contributed by atoms with van der Waals surface area (Å²) in [5.41, 5.74) is 1.36. The molecule has 0 saturated carbocycles. The molecule has 2 rings (SSSR count). The maximum atomic E-state index is 11.9. The fraction of sp³-hybridized carbons (Fsp3) is 0.500. The molecule has 7 heteroatoms. The van der Waals surface area contributed by atoms with Crippen molar-refractivity contribution in [2.75, 3.05) is 18.3 Å². The Morgan fingerprint density at radius 2 is 2.14 bits per heavy atom. The number of benzene rings is 1. The number of nitrogens with zero attached hydrogens (tertiary/aromatic N) is 2. The van der Waals surface area contributed by atoms with E-state index in [2.05, 4.69) is 18.2 Å². The van der Waals surface area contributed by atoms with E-state index in [1.54, 1.807) is 23.9 Å². The van der Waals surface area contributed by atoms with Gasteiger partial charge in [0.05, 0.1) is 16.3 Å². The summed E-state index contributed by atoms with van der Waals surface area (Å²) in [5.74, 6) is 2.48. The van der Waals surface area contributed by atoms with Gasteiger partial charge in [-0.05, 0) is 30.1 Å². The second-order valence-electron chi connectivity index (χ2n) is 5.23. The summed E-state index contributed by atoms with van der Waals surface area (Å²) < 4.78 is 25.8. The molecule has 1 unspecified atom stereocenters. The summed E-state index contributed by atoms with van der Waals surface area (Å²) in [5, 5.41) is 0. The second kappa shape index (κ2) is 6.58.